The zero-order valence-corrected chi connectivity index (χ0v) is 11.1. The minimum Gasteiger partial charge on any atom is -0.494 e. The summed E-state index contributed by atoms with van der Waals surface area (Å²) in [7, 11) is 1.60. The first-order valence-electron chi connectivity index (χ1n) is 6.39. The average molecular weight is 259 g/mol. The van der Waals surface area contributed by atoms with Crippen LogP contribution in [0.25, 0.3) is 11.4 Å². The van der Waals surface area contributed by atoms with Gasteiger partial charge in [0.05, 0.1) is 18.4 Å². The van der Waals surface area contributed by atoms with Crippen LogP contribution in [0.3, 0.4) is 0 Å². The monoisotopic (exact) mass is 259 g/mol. The van der Waals surface area contributed by atoms with E-state index >= 15 is 0 Å². The average Bonchev–Trinajstić information content (AvgIpc) is 2.90. The van der Waals surface area contributed by atoms with Crippen molar-refractivity contribution in [2.45, 2.75) is 19.9 Å². The molecule has 19 heavy (non-hydrogen) atoms. The lowest BCUT2D eigenvalue weighted by Crippen LogP contribution is -2.06. The van der Waals surface area contributed by atoms with Gasteiger partial charge in [0.1, 0.15) is 0 Å². The molecule has 2 atom stereocenters. The minimum absolute atomic E-state index is 0.592. The van der Waals surface area contributed by atoms with Crippen molar-refractivity contribution >= 4 is 5.69 Å². The van der Waals surface area contributed by atoms with Crippen LogP contribution < -0.4 is 10.5 Å². The molecule has 2 N–H and O–H groups in total. The fourth-order valence-corrected chi connectivity index (χ4v) is 2.35. The third-order valence-corrected chi connectivity index (χ3v) is 3.71. The fourth-order valence-electron chi connectivity index (χ4n) is 2.35. The Balaban J connectivity index is 1.98. The van der Waals surface area contributed by atoms with Gasteiger partial charge in [-0.15, -0.1) is 5.10 Å². The molecule has 2 unspecified atom stereocenters. The molecule has 3 rings (SSSR count). The second-order valence-corrected chi connectivity index (χ2v) is 5.09. The Morgan fingerprint density at radius 1 is 1.47 bits per heavy atom. The maximum Gasteiger partial charge on any atom is 0.185 e. The molecule has 0 aliphatic heterocycles. The maximum atomic E-state index is 5.92. The number of nitrogens with zero attached hydrogens (tertiary/aromatic N) is 4. The van der Waals surface area contributed by atoms with E-state index in [1.54, 1.807) is 13.2 Å². The highest BCUT2D eigenvalue weighted by atomic mass is 16.5. The Morgan fingerprint density at radius 2 is 2.26 bits per heavy atom. The van der Waals surface area contributed by atoms with E-state index in [1.807, 2.05) is 16.8 Å². The Labute approximate surface area is 111 Å². The maximum absolute atomic E-state index is 5.92. The molecule has 1 fully saturated rings. The number of hydrogen-bond acceptors (Lipinski definition) is 5. The van der Waals surface area contributed by atoms with Gasteiger partial charge in [0.25, 0.3) is 0 Å². The van der Waals surface area contributed by atoms with Crippen molar-refractivity contribution in [3.63, 3.8) is 0 Å². The number of anilines is 1. The van der Waals surface area contributed by atoms with Crippen LogP contribution in [0.4, 0.5) is 5.69 Å². The van der Waals surface area contributed by atoms with Gasteiger partial charge in [-0.05, 0) is 40.8 Å². The number of aromatic nitrogens is 4. The molecule has 1 aliphatic carbocycles. The summed E-state index contributed by atoms with van der Waals surface area (Å²) in [6, 6.07) is 5.61. The van der Waals surface area contributed by atoms with Crippen LogP contribution in [-0.2, 0) is 6.54 Å². The van der Waals surface area contributed by atoms with Crippen LogP contribution in [0.2, 0.25) is 0 Å². The SMILES string of the molecule is COc1c(N)cccc1-c1nnnn1CC1CC1C. The van der Waals surface area contributed by atoms with E-state index < -0.39 is 0 Å². The third-order valence-electron chi connectivity index (χ3n) is 3.71. The minimum atomic E-state index is 0.592. The summed E-state index contributed by atoms with van der Waals surface area (Å²) in [4.78, 5) is 0. The first-order chi connectivity index (χ1) is 9.20. The highest BCUT2D eigenvalue weighted by Crippen LogP contribution is 2.40. The van der Waals surface area contributed by atoms with Gasteiger partial charge < -0.3 is 10.5 Å². The molecule has 6 nitrogen and oxygen atoms in total. The summed E-state index contributed by atoms with van der Waals surface area (Å²) in [5, 5.41) is 12.0. The second-order valence-electron chi connectivity index (χ2n) is 5.09. The number of tetrazole rings is 1. The molecule has 2 aromatic rings. The predicted octanol–water partition coefficient (Wildman–Crippen LogP) is 1.59. The highest BCUT2D eigenvalue weighted by molar-refractivity contribution is 5.73. The van der Waals surface area contributed by atoms with E-state index in [4.69, 9.17) is 10.5 Å². The molecule has 1 aliphatic rings. The molecule has 0 amide bonds. The van der Waals surface area contributed by atoms with Gasteiger partial charge in [-0.2, -0.15) is 0 Å². The summed E-state index contributed by atoms with van der Waals surface area (Å²) < 4.78 is 7.20. The van der Waals surface area contributed by atoms with Crippen LogP contribution in [-0.4, -0.2) is 27.3 Å². The predicted molar refractivity (Wildman–Crippen MR) is 71.5 cm³/mol. The first kappa shape index (κ1) is 12.0. The number of ether oxygens (including phenoxy) is 1. The van der Waals surface area contributed by atoms with E-state index in [2.05, 4.69) is 22.4 Å². The summed E-state index contributed by atoms with van der Waals surface area (Å²) in [6.07, 6.45) is 1.24. The lowest BCUT2D eigenvalue weighted by atomic mass is 10.1. The van der Waals surface area contributed by atoms with Crippen LogP contribution in [0.5, 0.6) is 5.75 Å². The van der Waals surface area contributed by atoms with E-state index in [-0.39, 0.29) is 0 Å². The van der Waals surface area contributed by atoms with E-state index in [1.165, 1.54) is 6.42 Å². The number of benzene rings is 1. The number of para-hydroxylation sites is 1. The lowest BCUT2D eigenvalue weighted by Gasteiger charge is -2.10. The van der Waals surface area contributed by atoms with Crippen molar-refractivity contribution in [2.75, 3.05) is 12.8 Å². The van der Waals surface area contributed by atoms with Crippen LogP contribution in [0.1, 0.15) is 13.3 Å². The van der Waals surface area contributed by atoms with Crippen molar-refractivity contribution in [1.29, 1.82) is 0 Å². The molecular weight excluding hydrogens is 242 g/mol. The van der Waals surface area contributed by atoms with E-state index in [0.717, 1.165) is 18.0 Å². The molecule has 1 aromatic carbocycles. The van der Waals surface area contributed by atoms with Gasteiger partial charge in [0.2, 0.25) is 0 Å². The highest BCUT2D eigenvalue weighted by Gasteiger charge is 2.34. The molecule has 1 heterocycles. The molecule has 6 heteroatoms. The molecule has 0 saturated heterocycles. The van der Waals surface area contributed by atoms with Crippen molar-refractivity contribution in [2.24, 2.45) is 11.8 Å². The number of nitrogen functional groups attached to an aromatic ring is 1. The molecule has 100 valence electrons. The molecule has 0 bridgehead atoms. The fraction of sp³-hybridized carbons (Fsp3) is 0.462. The van der Waals surface area contributed by atoms with Crippen molar-refractivity contribution in [3.05, 3.63) is 18.2 Å². The Kier molecular flexibility index (Phi) is 2.85. The summed E-state index contributed by atoms with van der Waals surface area (Å²) >= 11 is 0. The zero-order chi connectivity index (χ0) is 13.4. The molecule has 1 aromatic heterocycles. The largest absolute Gasteiger partial charge is 0.494 e. The van der Waals surface area contributed by atoms with Gasteiger partial charge in [-0.1, -0.05) is 13.0 Å². The number of nitrogens with two attached hydrogens (primary N) is 1. The smallest absolute Gasteiger partial charge is 0.185 e. The zero-order valence-electron chi connectivity index (χ0n) is 11.1. The molecule has 1 saturated carbocycles. The summed E-state index contributed by atoms with van der Waals surface area (Å²) in [6.45, 7) is 3.09. The van der Waals surface area contributed by atoms with Crippen molar-refractivity contribution in [3.8, 4) is 17.1 Å². The van der Waals surface area contributed by atoms with Crippen LogP contribution in [0.15, 0.2) is 18.2 Å². The normalized spacial score (nSPS) is 21.4. The second kappa shape index (κ2) is 4.53. The third kappa shape index (κ3) is 2.14. The Bertz CT molecular complexity index is 594. The van der Waals surface area contributed by atoms with Crippen molar-refractivity contribution < 1.29 is 4.74 Å². The summed E-state index contributed by atoms with van der Waals surface area (Å²) in [5.74, 6) is 2.78. The summed E-state index contributed by atoms with van der Waals surface area (Å²) in [5.41, 5.74) is 7.35. The van der Waals surface area contributed by atoms with Gasteiger partial charge >= 0.3 is 0 Å². The van der Waals surface area contributed by atoms with E-state index in [9.17, 15) is 0 Å². The van der Waals surface area contributed by atoms with Gasteiger partial charge in [-0.25, -0.2) is 4.68 Å². The standard InChI is InChI=1S/C13H17N5O/c1-8-6-9(8)7-18-13(15-16-17-18)10-4-3-5-11(14)12(10)19-2/h3-5,8-9H,6-7,14H2,1-2H3. The van der Waals surface area contributed by atoms with Crippen LogP contribution in [0, 0.1) is 11.8 Å². The molecular formula is C13H17N5O. The first-order valence-corrected chi connectivity index (χ1v) is 6.39. The van der Waals surface area contributed by atoms with E-state index in [0.29, 0.717) is 23.2 Å². The van der Waals surface area contributed by atoms with Gasteiger partial charge in [-0.3, -0.25) is 0 Å². The van der Waals surface area contributed by atoms with Gasteiger partial charge in [0.15, 0.2) is 11.6 Å². The van der Waals surface area contributed by atoms with Crippen LogP contribution >= 0.6 is 0 Å². The van der Waals surface area contributed by atoms with Crippen molar-refractivity contribution in [1.82, 2.24) is 20.2 Å². The van der Waals surface area contributed by atoms with Gasteiger partial charge in [0, 0.05) is 6.54 Å². The Morgan fingerprint density at radius 3 is 2.95 bits per heavy atom. The molecule has 0 radical (unpaired) electrons. The number of hydrogen-bond donors (Lipinski definition) is 1. The lowest BCUT2D eigenvalue weighted by molar-refractivity contribution is 0.417. The number of rotatable bonds is 4. The number of methoxy groups -OCH3 is 1. The topological polar surface area (TPSA) is 78.8 Å². The Hall–Kier alpha value is -2.11. The molecule has 0 spiro atoms. The quantitative estimate of drug-likeness (QED) is 0.843.